The van der Waals surface area contributed by atoms with E-state index in [9.17, 15) is 4.57 Å². The van der Waals surface area contributed by atoms with Gasteiger partial charge in [-0.25, -0.2) is 4.57 Å². The maximum Gasteiger partial charge on any atom is 1.00 e. The van der Waals surface area contributed by atoms with Gasteiger partial charge in [0.05, 0.1) is 0 Å². The summed E-state index contributed by atoms with van der Waals surface area (Å²) in [4.78, 5) is 17.8. The molecule has 0 aliphatic heterocycles. The van der Waals surface area contributed by atoms with E-state index in [2.05, 4.69) is 6.92 Å². The van der Waals surface area contributed by atoms with Crippen LogP contribution in [0.25, 0.3) is 0 Å². The molecule has 0 saturated heterocycles. The Morgan fingerprint density at radius 3 is 2.24 bits per heavy atom. The van der Waals surface area contributed by atoms with E-state index in [4.69, 9.17) is 14.3 Å². The van der Waals surface area contributed by atoms with Gasteiger partial charge in [0.25, 0.3) is 0 Å². The number of para-hydroxylation sites is 1. The smallest absolute Gasteiger partial charge is 1.00 e. The molecule has 0 aromatic heterocycles. The number of rotatable bonds is 10. The molecule has 1 aromatic carbocycles. The third-order valence-corrected chi connectivity index (χ3v) is 3.67. The summed E-state index contributed by atoms with van der Waals surface area (Å²) in [5.74, 6) is 0.298. The molecule has 0 bridgehead atoms. The topological polar surface area (TPSA) is 66.8 Å². The summed E-state index contributed by atoms with van der Waals surface area (Å²) < 4.78 is 15.6. The zero-order valence-corrected chi connectivity index (χ0v) is 16.0. The van der Waals surface area contributed by atoms with E-state index in [1.165, 1.54) is 32.1 Å². The molecule has 0 heterocycles. The molecule has 0 amide bonds. The van der Waals surface area contributed by atoms with Crippen LogP contribution in [0.2, 0.25) is 0 Å². The Morgan fingerprint density at radius 2 is 1.62 bits per heavy atom. The first-order valence-corrected chi connectivity index (χ1v) is 8.89. The van der Waals surface area contributed by atoms with Gasteiger partial charge in [0.15, 0.2) is 0 Å². The average molecular weight is 324 g/mol. The Kier molecular flexibility index (Phi) is 11.8. The van der Waals surface area contributed by atoms with Gasteiger partial charge in [-0.3, -0.25) is 9.79 Å². The second-order valence-electron chi connectivity index (χ2n) is 5.06. The van der Waals surface area contributed by atoms with Crippen molar-refractivity contribution in [1.29, 1.82) is 0 Å². The number of phosphoric acid groups is 1. The molecule has 1 aromatic rings. The quantitative estimate of drug-likeness (QED) is 0.389. The average Bonchev–Trinajstić information content (AvgIpc) is 2.38. The molecule has 4 nitrogen and oxygen atoms in total. The molecular formula is C15H26NaO4P. The van der Waals surface area contributed by atoms with E-state index in [1.54, 1.807) is 12.1 Å². The molecule has 0 fully saturated rings. The third-order valence-electron chi connectivity index (χ3n) is 3.24. The Balaban J connectivity index is 0. The SMILES string of the molecule is CCCCCCCCCc1ccccc1OP(=O)(O)O.[H-].[Na+]. The maximum atomic E-state index is 10.9. The number of benzene rings is 1. The molecule has 0 saturated carbocycles. The van der Waals surface area contributed by atoms with E-state index in [0.29, 0.717) is 5.75 Å². The zero-order chi connectivity index (χ0) is 14.8. The summed E-state index contributed by atoms with van der Waals surface area (Å²) in [6, 6.07) is 7.06. The van der Waals surface area contributed by atoms with Crippen LogP contribution in [-0.2, 0) is 11.0 Å². The number of hydrogen-bond acceptors (Lipinski definition) is 2. The van der Waals surface area contributed by atoms with Crippen molar-refractivity contribution in [2.75, 3.05) is 0 Å². The van der Waals surface area contributed by atoms with E-state index < -0.39 is 7.82 Å². The predicted octanol–water partition coefficient (Wildman–Crippen LogP) is 1.57. The van der Waals surface area contributed by atoms with Crippen LogP contribution in [0.3, 0.4) is 0 Å². The van der Waals surface area contributed by atoms with Gasteiger partial charge in [0, 0.05) is 0 Å². The van der Waals surface area contributed by atoms with Gasteiger partial charge < -0.3 is 5.95 Å². The molecule has 21 heavy (non-hydrogen) atoms. The van der Waals surface area contributed by atoms with Gasteiger partial charge in [0.1, 0.15) is 5.75 Å². The van der Waals surface area contributed by atoms with Crippen molar-refractivity contribution in [3.8, 4) is 5.75 Å². The van der Waals surface area contributed by atoms with Crippen LogP contribution in [0.5, 0.6) is 5.75 Å². The molecular weight excluding hydrogens is 298 g/mol. The second-order valence-corrected chi connectivity index (χ2v) is 6.22. The summed E-state index contributed by atoms with van der Waals surface area (Å²) >= 11 is 0. The normalized spacial score (nSPS) is 11.0. The largest absolute Gasteiger partial charge is 1.00 e. The molecule has 1 rings (SSSR count). The molecule has 0 aliphatic rings. The predicted molar refractivity (Wildman–Crippen MR) is 81.9 cm³/mol. The van der Waals surface area contributed by atoms with Gasteiger partial charge in [-0.15, -0.1) is 0 Å². The molecule has 0 radical (unpaired) electrons. The minimum absolute atomic E-state index is 0. The third kappa shape index (κ3) is 10.5. The number of hydrogen-bond donors (Lipinski definition) is 2. The number of unbranched alkanes of at least 4 members (excludes halogenated alkanes) is 6. The van der Waals surface area contributed by atoms with Gasteiger partial charge >= 0.3 is 37.4 Å². The summed E-state index contributed by atoms with van der Waals surface area (Å²) in [7, 11) is -4.47. The molecule has 0 atom stereocenters. The Hall–Kier alpha value is 0.170. The monoisotopic (exact) mass is 324 g/mol. The summed E-state index contributed by atoms with van der Waals surface area (Å²) in [6.45, 7) is 2.21. The van der Waals surface area contributed by atoms with E-state index in [1.807, 2.05) is 12.1 Å². The van der Waals surface area contributed by atoms with Crippen LogP contribution < -0.4 is 34.1 Å². The molecule has 116 valence electrons. The van der Waals surface area contributed by atoms with Crippen LogP contribution >= 0.6 is 7.82 Å². The van der Waals surface area contributed by atoms with Crippen LogP contribution in [0.1, 0.15) is 58.9 Å². The Morgan fingerprint density at radius 1 is 1.05 bits per heavy atom. The number of phosphoric ester groups is 1. The first kappa shape index (κ1) is 21.2. The van der Waals surface area contributed by atoms with Crippen molar-refractivity contribution in [3.63, 3.8) is 0 Å². The van der Waals surface area contributed by atoms with Crippen LogP contribution in [-0.4, -0.2) is 9.79 Å². The minimum atomic E-state index is -4.47. The fraction of sp³-hybridized carbons (Fsp3) is 0.600. The van der Waals surface area contributed by atoms with Crippen molar-refractivity contribution in [2.24, 2.45) is 0 Å². The van der Waals surface area contributed by atoms with Crippen molar-refractivity contribution >= 4 is 7.82 Å². The molecule has 0 unspecified atom stereocenters. The van der Waals surface area contributed by atoms with Crippen LogP contribution in [0, 0.1) is 0 Å². The van der Waals surface area contributed by atoms with E-state index in [-0.39, 0.29) is 31.0 Å². The summed E-state index contributed by atoms with van der Waals surface area (Å²) in [5, 5.41) is 0. The molecule has 0 spiro atoms. The second kappa shape index (κ2) is 11.7. The molecule has 0 aliphatic carbocycles. The van der Waals surface area contributed by atoms with Gasteiger partial charge in [-0.1, -0.05) is 63.6 Å². The molecule has 2 N–H and O–H groups in total. The van der Waals surface area contributed by atoms with Crippen molar-refractivity contribution in [3.05, 3.63) is 29.8 Å². The first-order chi connectivity index (χ1) is 9.53. The molecule has 6 heteroatoms. The Bertz CT molecular complexity index is 439. The van der Waals surface area contributed by atoms with Crippen LogP contribution in [0.4, 0.5) is 0 Å². The fourth-order valence-corrected chi connectivity index (χ4v) is 2.63. The van der Waals surface area contributed by atoms with Crippen molar-refractivity contribution in [2.45, 2.75) is 58.3 Å². The summed E-state index contributed by atoms with van der Waals surface area (Å²) in [5.41, 5.74) is 0.865. The number of aryl methyl sites for hydroxylation is 1. The van der Waals surface area contributed by atoms with Gasteiger partial charge in [-0.2, -0.15) is 0 Å². The first-order valence-electron chi connectivity index (χ1n) is 7.36. The van der Waals surface area contributed by atoms with Gasteiger partial charge in [-0.05, 0) is 24.5 Å². The fourth-order valence-electron chi connectivity index (χ4n) is 2.20. The van der Waals surface area contributed by atoms with Crippen molar-refractivity contribution < 1.29 is 49.9 Å². The van der Waals surface area contributed by atoms with Crippen LogP contribution in [0.15, 0.2) is 24.3 Å². The van der Waals surface area contributed by atoms with Crippen molar-refractivity contribution in [1.82, 2.24) is 0 Å². The Labute approximate surface area is 151 Å². The van der Waals surface area contributed by atoms with Gasteiger partial charge in [0.2, 0.25) is 0 Å². The summed E-state index contributed by atoms with van der Waals surface area (Å²) in [6.07, 6.45) is 9.32. The zero-order valence-electron chi connectivity index (χ0n) is 14.1. The van der Waals surface area contributed by atoms with E-state index >= 15 is 0 Å². The minimum Gasteiger partial charge on any atom is -1.00 e. The standard InChI is InChI=1S/C15H25O4P.Na.H/c1-2-3-4-5-6-7-8-11-14-12-9-10-13-15(14)19-20(16,17)18;;/h9-10,12-13H,2-8,11H2,1H3,(H2,16,17,18);;/q;+1;-1. The van der Waals surface area contributed by atoms with E-state index in [0.717, 1.165) is 24.8 Å². The maximum absolute atomic E-state index is 10.9.